The van der Waals surface area contributed by atoms with Crippen molar-refractivity contribution < 1.29 is 24.2 Å². The van der Waals surface area contributed by atoms with Gasteiger partial charge in [-0.3, -0.25) is 4.79 Å². The fraction of sp³-hybridized carbons (Fsp3) is 0.464. The highest BCUT2D eigenvalue weighted by Gasteiger charge is 2.33. The van der Waals surface area contributed by atoms with Crippen LogP contribution in [0, 0.1) is 17.8 Å². The lowest BCUT2D eigenvalue weighted by molar-refractivity contribution is -0.143. The summed E-state index contributed by atoms with van der Waals surface area (Å²) in [6.45, 7) is 9.48. The minimum Gasteiger partial charge on any atom is -0.480 e. The summed E-state index contributed by atoms with van der Waals surface area (Å²) in [5, 5.41) is 14.9. The number of carboxylic acid groups (broad SMARTS) is 1. The highest BCUT2D eigenvalue weighted by Crippen LogP contribution is 2.44. The Morgan fingerprint density at radius 1 is 0.886 bits per heavy atom. The predicted octanol–water partition coefficient (Wildman–Crippen LogP) is 4.80. The Balaban J connectivity index is 1.63. The van der Waals surface area contributed by atoms with Crippen LogP contribution in [-0.2, 0) is 14.3 Å². The number of carbonyl (C=O) groups is 3. The maximum Gasteiger partial charge on any atom is 0.407 e. The average molecular weight is 481 g/mol. The molecule has 3 rings (SSSR count). The molecule has 2 amide bonds. The number of amides is 2. The van der Waals surface area contributed by atoms with E-state index in [2.05, 4.69) is 34.9 Å². The lowest BCUT2D eigenvalue weighted by Gasteiger charge is -2.29. The number of benzene rings is 2. The van der Waals surface area contributed by atoms with Crippen molar-refractivity contribution in [3.63, 3.8) is 0 Å². The van der Waals surface area contributed by atoms with E-state index in [1.807, 2.05) is 52.0 Å². The molecule has 0 fully saturated rings. The van der Waals surface area contributed by atoms with Gasteiger partial charge in [-0.05, 0) is 47.4 Å². The van der Waals surface area contributed by atoms with E-state index in [1.54, 1.807) is 6.92 Å². The SMILES string of the molecule is CC(C)C[C@H](NC(=O)C(C(C)C)C(C)NC(=O)OCC1c2ccccc2-c2ccccc21)C(=O)O. The van der Waals surface area contributed by atoms with Crippen molar-refractivity contribution in [3.8, 4) is 11.1 Å². The Bertz CT molecular complexity index is 1020. The van der Waals surface area contributed by atoms with Crippen molar-refractivity contribution in [3.05, 3.63) is 59.7 Å². The smallest absolute Gasteiger partial charge is 0.407 e. The monoisotopic (exact) mass is 480 g/mol. The number of nitrogens with one attached hydrogen (secondary N) is 2. The Morgan fingerprint density at radius 3 is 1.91 bits per heavy atom. The van der Waals surface area contributed by atoms with Crippen LogP contribution in [0.15, 0.2) is 48.5 Å². The van der Waals surface area contributed by atoms with Gasteiger partial charge in [-0.2, -0.15) is 0 Å². The number of carboxylic acids is 1. The van der Waals surface area contributed by atoms with Gasteiger partial charge in [0, 0.05) is 12.0 Å². The molecule has 7 nitrogen and oxygen atoms in total. The molecular formula is C28H36N2O5. The fourth-order valence-electron chi connectivity index (χ4n) is 4.98. The van der Waals surface area contributed by atoms with Crippen LogP contribution in [0.3, 0.4) is 0 Å². The van der Waals surface area contributed by atoms with Crippen LogP contribution in [0.2, 0.25) is 0 Å². The van der Waals surface area contributed by atoms with Crippen molar-refractivity contribution in [1.82, 2.24) is 10.6 Å². The predicted molar refractivity (Wildman–Crippen MR) is 135 cm³/mol. The third kappa shape index (κ3) is 6.21. The second kappa shape index (κ2) is 11.4. The number of alkyl carbamates (subject to hydrolysis) is 1. The van der Waals surface area contributed by atoms with E-state index >= 15 is 0 Å². The Hall–Kier alpha value is -3.35. The van der Waals surface area contributed by atoms with Crippen LogP contribution in [0.25, 0.3) is 11.1 Å². The van der Waals surface area contributed by atoms with Crippen LogP contribution in [-0.4, -0.2) is 41.8 Å². The molecule has 0 saturated carbocycles. The first-order valence-corrected chi connectivity index (χ1v) is 12.2. The van der Waals surface area contributed by atoms with Crippen LogP contribution in [0.5, 0.6) is 0 Å². The van der Waals surface area contributed by atoms with Crippen molar-refractivity contribution in [2.75, 3.05) is 6.61 Å². The standard InChI is InChI=1S/C28H36N2O5/c1-16(2)14-24(27(32)33)30-26(31)25(17(3)4)18(5)29-28(34)35-15-23-21-12-8-6-10-19(21)20-11-7-9-13-22(20)23/h6-13,16-18,23-25H,14-15H2,1-5H3,(H,29,34)(H,30,31)(H,32,33)/t18?,24-,25?/m0/s1. The largest absolute Gasteiger partial charge is 0.480 e. The van der Waals surface area contributed by atoms with E-state index in [9.17, 15) is 19.5 Å². The molecule has 0 heterocycles. The molecule has 1 aliphatic rings. The molecule has 0 radical (unpaired) electrons. The first-order valence-electron chi connectivity index (χ1n) is 12.2. The zero-order valence-electron chi connectivity index (χ0n) is 21.1. The van der Waals surface area contributed by atoms with Crippen molar-refractivity contribution in [2.24, 2.45) is 17.8 Å². The fourth-order valence-corrected chi connectivity index (χ4v) is 4.98. The van der Waals surface area contributed by atoms with E-state index < -0.39 is 30.1 Å². The zero-order chi connectivity index (χ0) is 25.7. The van der Waals surface area contributed by atoms with Crippen molar-refractivity contribution in [2.45, 2.75) is 59.0 Å². The summed E-state index contributed by atoms with van der Waals surface area (Å²) < 4.78 is 5.62. The molecule has 3 N–H and O–H groups in total. The van der Waals surface area contributed by atoms with Gasteiger partial charge in [0.1, 0.15) is 12.6 Å². The van der Waals surface area contributed by atoms with E-state index in [0.717, 1.165) is 22.3 Å². The number of hydrogen-bond donors (Lipinski definition) is 3. The zero-order valence-corrected chi connectivity index (χ0v) is 21.1. The molecule has 7 heteroatoms. The van der Waals surface area contributed by atoms with E-state index in [4.69, 9.17) is 4.74 Å². The maximum absolute atomic E-state index is 13.0. The van der Waals surface area contributed by atoms with Crippen molar-refractivity contribution >= 4 is 18.0 Å². The summed E-state index contributed by atoms with van der Waals surface area (Å²) in [5.74, 6) is -2.12. The third-order valence-corrected chi connectivity index (χ3v) is 6.57. The number of carbonyl (C=O) groups excluding carboxylic acids is 2. The van der Waals surface area contributed by atoms with Crippen molar-refractivity contribution in [1.29, 1.82) is 0 Å². The maximum atomic E-state index is 13.0. The van der Waals surface area contributed by atoms with Gasteiger partial charge in [-0.15, -0.1) is 0 Å². The van der Waals surface area contributed by atoms with Gasteiger partial charge in [0.25, 0.3) is 0 Å². The molecule has 2 aromatic carbocycles. The van der Waals surface area contributed by atoms with Gasteiger partial charge < -0.3 is 20.5 Å². The summed E-state index contributed by atoms with van der Waals surface area (Å²) in [4.78, 5) is 37.3. The molecule has 0 saturated heterocycles. The normalized spacial score (nSPS) is 15.2. The number of fused-ring (bicyclic) bond motifs is 3. The number of rotatable bonds is 10. The van der Waals surface area contributed by atoms with Crippen LogP contribution >= 0.6 is 0 Å². The summed E-state index contributed by atoms with van der Waals surface area (Å²) in [6.07, 6.45) is -0.269. The van der Waals surface area contributed by atoms with Crippen LogP contribution in [0.4, 0.5) is 4.79 Å². The summed E-state index contributed by atoms with van der Waals surface area (Å²) >= 11 is 0. The molecule has 188 valence electrons. The minimum absolute atomic E-state index is 0.0555. The van der Waals surface area contributed by atoms with Gasteiger partial charge in [-0.1, -0.05) is 76.2 Å². The second-order valence-corrected chi connectivity index (χ2v) is 10.1. The highest BCUT2D eigenvalue weighted by molar-refractivity contribution is 5.86. The molecule has 3 atom stereocenters. The van der Waals surface area contributed by atoms with E-state index in [-0.39, 0.29) is 30.3 Å². The van der Waals surface area contributed by atoms with E-state index in [1.165, 1.54) is 0 Å². The molecule has 1 aliphatic carbocycles. The second-order valence-electron chi connectivity index (χ2n) is 10.1. The number of aliphatic carboxylic acids is 1. The summed E-state index contributed by atoms with van der Waals surface area (Å²) in [5.41, 5.74) is 4.55. The molecule has 0 aromatic heterocycles. The molecule has 0 spiro atoms. The minimum atomic E-state index is -1.06. The van der Waals surface area contributed by atoms with E-state index in [0.29, 0.717) is 6.42 Å². The molecule has 0 bridgehead atoms. The lowest BCUT2D eigenvalue weighted by atomic mass is 9.88. The van der Waals surface area contributed by atoms with Gasteiger partial charge >= 0.3 is 12.1 Å². The lowest BCUT2D eigenvalue weighted by Crippen LogP contribution is -2.51. The van der Waals surface area contributed by atoms with Crippen LogP contribution < -0.4 is 10.6 Å². The first-order chi connectivity index (χ1) is 16.6. The van der Waals surface area contributed by atoms with Gasteiger partial charge in [0.2, 0.25) is 5.91 Å². The molecule has 2 aromatic rings. The quantitative estimate of drug-likeness (QED) is 0.453. The topological polar surface area (TPSA) is 105 Å². The Morgan fingerprint density at radius 2 is 1.43 bits per heavy atom. The van der Waals surface area contributed by atoms with Crippen LogP contribution in [0.1, 0.15) is 58.1 Å². The summed E-state index contributed by atoms with van der Waals surface area (Å²) in [6, 6.07) is 14.7. The number of ether oxygens (including phenoxy) is 1. The third-order valence-electron chi connectivity index (χ3n) is 6.57. The summed E-state index contributed by atoms with van der Waals surface area (Å²) in [7, 11) is 0. The highest BCUT2D eigenvalue weighted by atomic mass is 16.5. The Kier molecular flexibility index (Phi) is 8.54. The van der Waals surface area contributed by atoms with Gasteiger partial charge in [0.05, 0.1) is 5.92 Å². The van der Waals surface area contributed by atoms with Gasteiger partial charge in [0.15, 0.2) is 0 Å². The molecule has 35 heavy (non-hydrogen) atoms. The molecular weight excluding hydrogens is 444 g/mol. The molecule has 2 unspecified atom stereocenters. The molecule has 0 aliphatic heterocycles. The Labute approximate surface area is 207 Å². The number of hydrogen-bond acceptors (Lipinski definition) is 4. The van der Waals surface area contributed by atoms with Gasteiger partial charge in [-0.25, -0.2) is 9.59 Å². The average Bonchev–Trinajstić information content (AvgIpc) is 3.10. The first kappa shape index (κ1) is 26.3.